The van der Waals surface area contributed by atoms with Crippen LogP contribution in [0.1, 0.15) is 11.3 Å². The molecule has 0 saturated heterocycles. The fraction of sp³-hybridized carbons (Fsp3) is 0.118. The Bertz CT molecular complexity index is 885. The first-order valence-electron chi connectivity index (χ1n) is 6.99. The Kier molecular flexibility index (Phi) is 3.24. The van der Waals surface area contributed by atoms with E-state index in [-0.39, 0.29) is 6.54 Å². The van der Waals surface area contributed by atoms with Gasteiger partial charge in [-0.15, -0.1) is 0 Å². The maximum atomic E-state index is 10.1. The van der Waals surface area contributed by atoms with Gasteiger partial charge in [0.2, 0.25) is 0 Å². The van der Waals surface area contributed by atoms with Crippen molar-refractivity contribution >= 4 is 38.3 Å². The molecule has 110 valence electrons. The summed E-state index contributed by atoms with van der Waals surface area (Å²) in [6.45, 7) is 0.278. The molecule has 2 N–H and O–H groups in total. The van der Waals surface area contributed by atoms with E-state index in [1.165, 1.54) is 0 Å². The van der Waals surface area contributed by atoms with Gasteiger partial charge >= 0.3 is 0 Å². The lowest BCUT2D eigenvalue weighted by molar-refractivity contribution is 0.213. The van der Waals surface area contributed by atoms with Crippen LogP contribution in [0.15, 0.2) is 62.4 Å². The van der Waals surface area contributed by atoms with Crippen molar-refractivity contribution in [3.05, 3.63) is 64.3 Å². The number of rotatable bonds is 1. The van der Waals surface area contributed by atoms with Crippen molar-refractivity contribution in [3.8, 4) is 0 Å². The molecule has 3 aromatic rings. The van der Waals surface area contributed by atoms with E-state index in [9.17, 15) is 5.11 Å². The second-order valence-electron chi connectivity index (χ2n) is 5.16. The van der Waals surface area contributed by atoms with E-state index < -0.39 is 6.23 Å². The number of aliphatic imine (C=N–C) groups is 1. The summed E-state index contributed by atoms with van der Waals surface area (Å²) in [5.74, 6) is 0.663. The highest BCUT2D eigenvalue weighted by molar-refractivity contribution is 9.10. The number of anilines is 1. The highest BCUT2D eigenvalue weighted by Crippen LogP contribution is 2.34. The van der Waals surface area contributed by atoms with E-state index in [0.29, 0.717) is 5.76 Å². The zero-order valence-corrected chi connectivity index (χ0v) is 13.2. The predicted molar refractivity (Wildman–Crippen MR) is 90.5 cm³/mol. The van der Waals surface area contributed by atoms with Gasteiger partial charge in [0.1, 0.15) is 17.5 Å². The SMILES string of the molecule is OC1CN=C(c2cccc(Br)c2)c2oc3ccccc3c2N1. The molecule has 2 aromatic carbocycles. The number of nitrogens with zero attached hydrogens (tertiary/aromatic N) is 1. The Morgan fingerprint density at radius 1 is 1.18 bits per heavy atom. The fourth-order valence-corrected chi connectivity index (χ4v) is 3.07. The minimum atomic E-state index is -0.732. The molecule has 1 aliphatic rings. The molecule has 2 heterocycles. The normalized spacial score (nSPS) is 17.5. The molecular weight excluding hydrogens is 344 g/mol. The lowest BCUT2D eigenvalue weighted by atomic mass is 10.1. The Balaban J connectivity index is 1.97. The number of hydrogen-bond donors (Lipinski definition) is 2. The molecule has 0 bridgehead atoms. The third-order valence-electron chi connectivity index (χ3n) is 3.64. The summed E-state index contributed by atoms with van der Waals surface area (Å²) >= 11 is 3.48. The highest BCUT2D eigenvalue weighted by atomic mass is 79.9. The van der Waals surface area contributed by atoms with Crippen LogP contribution in [0.5, 0.6) is 0 Å². The first kappa shape index (κ1) is 13.5. The summed E-state index contributed by atoms with van der Waals surface area (Å²) < 4.78 is 6.98. The summed E-state index contributed by atoms with van der Waals surface area (Å²) in [5, 5.41) is 14.1. The van der Waals surface area contributed by atoms with Gasteiger partial charge in [-0.2, -0.15) is 0 Å². The van der Waals surface area contributed by atoms with Crippen LogP contribution in [-0.4, -0.2) is 23.6 Å². The zero-order valence-electron chi connectivity index (χ0n) is 11.6. The van der Waals surface area contributed by atoms with E-state index in [1.54, 1.807) is 0 Å². The Hall–Kier alpha value is -2.11. The number of aliphatic hydroxyl groups excluding tert-OH is 1. The van der Waals surface area contributed by atoms with Gasteiger partial charge in [-0.1, -0.05) is 40.2 Å². The van der Waals surface area contributed by atoms with E-state index in [4.69, 9.17) is 4.42 Å². The molecule has 0 spiro atoms. The predicted octanol–water partition coefficient (Wildman–Crippen LogP) is 3.78. The molecule has 22 heavy (non-hydrogen) atoms. The lowest BCUT2D eigenvalue weighted by Gasteiger charge is -2.08. The van der Waals surface area contributed by atoms with Crippen molar-refractivity contribution in [2.24, 2.45) is 4.99 Å². The highest BCUT2D eigenvalue weighted by Gasteiger charge is 2.24. The number of benzene rings is 2. The Labute approximate surface area is 135 Å². The minimum absolute atomic E-state index is 0.278. The number of fused-ring (bicyclic) bond motifs is 3. The number of hydrogen-bond acceptors (Lipinski definition) is 4. The Morgan fingerprint density at radius 3 is 2.91 bits per heavy atom. The van der Waals surface area contributed by atoms with Gasteiger partial charge in [0.15, 0.2) is 5.76 Å². The molecule has 0 saturated carbocycles. The molecule has 1 aliphatic heterocycles. The molecule has 0 fully saturated rings. The van der Waals surface area contributed by atoms with Crippen LogP contribution < -0.4 is 5.32 Å². The van der Waals surface area contributed by atoms with Gasteiger partial charge in [-0.05, 0) is 24.3 Å². The topological polar surface area (TPSA) is 57.8 Å². The van der Waals surface area contributed by atoms with Crippen molar-refractivity contribution in [3.63, 3.8) is 0 Å². The van der Waals surface area contributed by atoms with Gasteiger partial charge in [0.25, 0.3) is 0 Å². The van der Waals surface area contributed by atoms with E-state index in [2.05, 4.69) is 26.2 Å². The number of para-hydroxylation sites is 1. The van der Waals surface area contributed by atoms with Crippen LogP contribution in [0.2, 0.25) is 0 Å². The van der Waals surface area contributed by atoms with Gasteiger partial charge < -0.3 is 14.8 Å². The van der Waals surface area contributed by atoms with Crippen LogP contribution in [0.25, 0.3) is 11.0 Å². The zero-order chi connectivity index (χ0) is 15.1. The van der Waals surface area contributed by atoms with Gasteiger partial charge in [-0.3, -0.25) is 4.99 Å². The monoisotopic (exact) mass is 356 g/mol. The van der Waals surface area contributed by atoms with Gasteiger partial charge in [0.05, 0.1) is 12.2 Å². The maximum absolute atomic E-state index is 10.1. The first-order valence-corrected chi connectivity index (χ1v) is 7.78. The van der Waals surface area contributed by atoms with Crippen LogP contribution in [0.4, 0.5) is 5.69 Å². The molecule has 0 amide bonds. The third-order valence-corrected chi connectivity index (χ3v) is 4.14. The summed E-state index contributed by atoms with van der Waals surface area (Å²) in [6, 6.07) is 15.7. The lowest BCUT2D eigenvalue weighted by Crippen LogP contribution is -2.20. The number of halogens is 1. The van der Waals surface area contributed by atoms with E-state index in [0.717, 1.165) is 32.4 Å². The smallest absolute Gasteiger partial charge is 0.177 e. The second kappa shape index (κ2) is 5.26. The van der Waals surface area contributed by atoms with Gasteiger partial charge in [0, 0.05) is 15.4 Å². The quantitative estimate of drug-likeness (QED) is 0.697. The molecule has 1 atom stereocenters. The van der Waals surface area contributed by atoms with E-state index >= 15 is 0 Å². The van der Waals surface area contributed by atoms with Crippen molar-refractivity contribution in [1.82, 2.24) is 0 Å². The summed E-state index contributed by atoms with van der Waals surface area (Å²) in [5.41, 5.74) is 3.26. The molecule has 4 rings (SSSR count). The third kappa shape index (κ3) is 2.23. The molecule has 5 heteroatoms. The maximum Gasteiger partial charge on any atom is 0.177 e. The number of aliphatic hydroxyl groups is 1. The second-order valence-corrected chi connectivity index (χ2v) is 6.08. The summed E-state index contributed by atoms with van der Waals surface area (Å²) in [7, 11) is 0. The standard InChI is InChI=1S/C17H13BrN2O2/c18-11-5-3-4-10(8-11)15-17-16(20-14(21)9-19-15)12-6-1-2-7-13(12)22-17/h1-8,14,20-21H,9H2. The Morgan fingerprint density at radius 2 is 2.05 bits per heavy atom. The number of furan rings is 1. The number of nitrogens with one attached hydrogen (secondary N) is 1. The first-order chi connectivity index (χ1) is 10.7. The van der Waals surface area contributed by atoms with Crippen molar-refractivity contribution in [2.75, 3.05) is 11.9 Å². The van der Waals surface area contributed by atoms with E-state index in [1.807, 2.05) is 48.5 Å². The molecule has 4 nitrogen and oxygen atoms in total. The average Bonchev–Trinajstić information content (AvgIpc) is 2.78. The van der Waals surface area contributed by atoms with Crippen LogP contribution >= 0.6 is 15.9 Å². The summed E-state index contributed by atoms with van der Waals surface area (Å²) in [6.07, 6.45) is -0.732. The van der Waals surface area contributed by atoms with Crippen molar-refractivity contribution in [2.45, 2.75) is 6.23 Å². The average molecular weight is 357 g/mol. The van der Waals surface area contributed by atoms with Crippen LogP contribution in [0, 0.1) is 0 Å². The van der Waals surface area contributed by atoms with Crippen molar-refractivity contribution < 1.29 is 9.52 Å². The van der Waals surface area contributed by atoms with Crippen LogP contribution in [0.3, 0.4) is 0 Å². The minimum Gasteiger partial charge on any atom is -0.452 e. The van der Waals surface area contributed by atoms with Crippen molar-refractivity contribution in [1.29, 1.82) is 0 Å². The molecule has 1 aromatic heterocycles. The fourth-order valence-electron chi connectivity index (χ4n) is 2.68. The largest absolute Gasteiger partial charge is 0.452 e. The van der Waals surface area contributed by atoms with Gasteiger partial charge in [-0.25, -0.2) is 0 Å². The molecule has 1 unspecified atom stereocenters. The molecule has 0 aliphatic carbocycles. The van der Waals surface area contributed by atoms with Crippen LogP contribution in [-0.2, 0) is 0 Å². The summed E-state index contributed by atoms with van der Waals surface area (Å²) in [4.78, 5) is 4.54. The molecule has 0 radical (unpaired) electrons. The molecular formula is C17H13BrN2O2.